The van der Waals surface area contributed by atoms with Crippen LogP contribution in [0.3, 0.4) is 0 Å². The van der Waals surface area contributed by atoms with Gasteiger partial charge in [0.15, 0.2) is 0 Å². The minimum atomic E-state index is -0.882. The number of nitrogens with zero attached hydrogens (tertiary/aromatic N) is 1. The largest absolute Gasteiger partial charge is 0.463 e. The van der Waals surface area contributed by atoms with E-state index in [1.165, 1.54) is 18.2 Å². The molecule has 2 N–H and O–H groups in total. The van der Waals surface area contributed by atoms with E-state index in [0.29, 0.717) is 16.8 Å². The van der Waals surface area contributed by atoms with Gasteiger partial charge in [-0.25, -0.2) is 9.59 Å². The number of ether oxygens (including phenoxy) is 1. The van der Waals surface area contributed by atoms with Gasteiger partial charge in [-0.2, -0.15) is 0 Å². The highest BCUT2D eigenvalue weighted by Gasteiger charge is 2.34. The molecule has 138 valence electrons. The van der Waals surface area contributed by atoms with E-state index in [-0.39, 0.29) is 17.9 Å². The Bertz CT molecular complexity index is 924. The second-order valence-electron chi connectivity index (χ2n) is 5.76. The van der Waals surface area contributed by atoms with Crippen molar-refractivity contribution in [3.8, 4) is 0 Å². The Morgan fingerprint density at radius 1 is 1.19 bits per heavy atom. The number of amides is 2. The maximum absolute atomic E-state index is 12.7. The molecular formula is C19H17N3O5. The number of urea groups is 1. The second kappa shape index (κ2) is 7.69. The summed E-state index contributed by atoms with van der Waals surface area (Å²) < 4.78 is 5.18. The summed E-state index contributed by atoms with van der Waals surface area (Å²) in [6.45, 7) is 1.83. The third-order valence-corrected chi connectivity index (χ3v) is 4.04. The zero-order chi connectivity index (χ0) is 19.4. The smallest absolute Gasteiger partial charge is 0.338 e. The Kier molecular flexibility index (Phi) is 5.16. The van der Waals surface area contributed by atoms with E-state index < -0.39 is 23.0 Å². The van der Waals surface area contributed by atoms with E-state index in [1.807, 2.05) is 6.07 Å². The van der Waals surface area contributed by atoms with Crippen LogP contribution in [0.5, 0.6) is 0 Å². The van der Waals surface area contributed by atoms with Crippen LogP contribution in [0.1, 0.15) is 24.1 Å². The highest BCUT2D eigenvalue weighted by atomic mass is 16.6. The van der Waals surface area contributed by atoms with Crippen LogP contribution in [0, 0.1) is 10.1 Å². The molecule has 0 saturated carbocycles. The summed E-state index contributed by atoms with van der Waals surface area (Å²) >= 11 is 0. The van der Waals surface area contributed by atoms with Crippen molar-refractivity contribution >= 4 is 23.4 Å². The zero-order valence-electron chi connectivity index (χ0n) is 14.5. The van der Waals surface area contributed by atoms with Crippen LogP contribution in [0.15, 0.2) is 60.2 Å². The standard InChI is InChI=1S/C19H17N3O5/c1-2-27-18(23)15-16(12-7-4-3-5-8-12)20-19(24)21-17(15)13-9-6-10-14(11-13)22(25)26/h3-11,17H,2H2,1H3,(H2,20,21,24)/t17-/m1/s1. The van der Waals surface area contributed by atoms with Crippen molar-refractivity contribution in [3.63, 3.8) is 0 Å². The van der Waals surface area contributed by atoms with Crippen LogP contribution in [0.2, 0.25) is 0 Å². The second-order valence-corrected chi connectivity index (χ2v) is 5.76. The molecule has 0 spiro atoms. The van der Waals surface area contributed by atoms with Crippen LogP contribution in [-0.2, 0) is 9.53 Å². The minimum absolute atomic E-state index is 0.134. The van der Waals surface area contributed by atoms with Gasteiger partial charge in [-0.1, -0.05) is 42.5 Å². The highest BCUT2D eigenvalue weighted by molar-refractivity contribution is 6.04. The Morgan fingerprint density at radius 2 is 1.93 bits per heavy atom. The van der Waals surface area contributed by atoms with Gasteiger partial charge < -0.3 is 15.4 Å². The maximum Gasteiger partial charge on any atom is 0.338 e. The maximum atomic E-state index is 12.7. The Labute approximate surface area is 155 Å². The average Bonchev–Trinajstić information content (AvgIpc) is 2.68. The monoisotopic (exact) mass is 367 g/mol. The number of nitro benzene ring substituents is 1. The van der Waals surface area contributed by atoms with Gasteiger partial charge in [0, 0.05) is 12.1 Å². The molecule has 1 aliphatic heterocycles. The van der Waals surface area contributed by atoms with Crippen LogP contribution >= 0.6 is 0 Å². The lowest BCUT2D eigenvalue weighted by Gasteiger charge is -2.29. The number of rotatable bonds is 5. The lowest BCUT2D eigenvalue weighted by molar-refractivity contribution is -0.384. The van der Waals surface area contributed by atoms with Gasteiger partial charge in [0.2, 0.25) is 0 Å². The van der Waals surface area contributed by atoms with Gasteiger partial charge in [-0.3, -0.25) is 10.1 Å². The molecule has 0 aromatic heterocycles. The van der Waals surface area contributed by atoms with Crippen LogP contribution in [-0.4, -0.2) is 23.5 Å². The third kappa shape index (κ3) is 3.79. The predicted molar refractivity (Wildman–Crippen MR) is 97.5 cm³/mol. The number of carbonyl (C=O) groups is 2. The van der Waals surface area contributed by atoms with Crippen molar-refractivity contribution in [2.45, 2.75) is 13.0 Å². The molecule has 0 unspecified atom stereocenters. The highest BCUT2D eigenvalue weighted by Crippen LogP contribution is 2.33. The quantitative estimate of drug-likeness (QED) is 0.480. The molecular weight excluding hydrogens is 350 g/mol. The van der Waals surface area contributed by atoms with Gasteiger partial charge >= 0.3 is 12.0 Å². The van der Waals surface area contributed by atoms with Crippen molar-refractivity contribution in [1.29, 1.82) is 0 Å². The summed E-state index contributed by atoms with van der Waals surface area (Å²) in [6, 6.07) is 13.3. The Balaban J connectivity index is 2.18. The average molecular weight is 367 g/mol. The zero-order valence-corrected chi connectivity index (χ0v) is 14.5. The van der Waals surface area contributed by atoms with Crippen molar-refractivity contribution < 1.29 is 19.2 Å². The van der Waals surface area contributed by atoms with Crippen molar-refractivity contribution in [1.82, 2.24) is 10.6 Å². The first-order valence-electron chi connectivity index (χ1n) is 8.29. The molecule has 8 heteroatoms. The molecule has 0 bridgehead atoms. The molecule has 1 atom stereocenters. The van der Waals surface area contributed by atoms with E-state index in [2.05, 4.69) is 10.6 Å². The lowest BCUT2D eigenvalue weighted by atomic mass is 9.92. The van der Waals surface area contributed by atoms with Gasteiger partial charge in [0.25, 0.3) is 5.69 Å². The minimum Gasteiger partial charge on any atom is -0.463 e. The Hall–Kier alpha value is -3.68. The molecule has 0 saturated heterocycles. The summed E-state index contributed by atoms with van der Waals surface area (Å²) in [5.41, 5.74) is 1.41. The molecule has 8 nitrogen and oxygen atoms in total. The van der Waals surface area contributed by atoms with Crippen molar-refractivity contribution in [3.05, 3.63) is 81.4 Å². The fourth-order valence-corrected chi connectivity index (χ4v) is 2.89. The first-order valence-corrected chi connectivity index (χ1v) is 8.29. The first-order chi connectivity index (χ1) is 13.0. The van der Waals surface area contributed by atoms with E-state index in [0.717, 1.165) is 0 Å². The van der Waals surface area contributed by atoms with E-state index in [4.69, 9.17) is 4.74 Å². The molecule has 2 aromatic carbocycles. The molecule has 1 aliphatic rings. The topological polar surface area (TPSA) is 111 Å². The number of benzene rings is 2. The number of hydrogen-bond acceptors (Lipinski definition) is 5. The molecule has 0 radical (unpaired) electrons. The van der Waals surface area contributed by atoms with E-state index in [9.17, 15) is 19.7 Å². The number of nitrogens with one attached hydrogen (secondary N) is 2. The Morgan fingerprint density at radius 3 is 2.59 bits per heavy atom. The number of hydrogen-bond donors (Lipinski definition) is 2. The third-order valence-electron chi connectivity index (χ3n) is 4.04. The molecule has 2 amide bonds. The number of carbonyl (C=O) groups excluding carboxylic acids is 2. The molecule has 1 heterocycles. The molecule has 27 heavy (non-hydrogen) atoms. The molecule has 0 aliphatic carbocycles. The number of esters is 1. The lowest BCUT2D eigenvalue weighted by Crippen LogP contribution is -2.45. The summed E-state index contributed by atoms with van der Waals surface area (Å²) in [7, 11) is 0. The van der Waals surface area contributed by atoms with Gasteiger partial charge in [-0.05, 0) is 18.1 Å². The van der Waals surface area contributed by atoms with Gasteiger partial charge in [-0.15, -0.1) is 0 Å². The van der Waals surface area contributed by atoms with Crippen LogP contribution in [0.25, 0.3) is 5.70 Å². The fraction of sp³-hybridized carbons (Fsp3) is 0.158. The molecule has 2 aromatic rings. The predicted octanol–water partition coefficient (Wildman–Crippen LogP) is 2.92. The summed E-state index contributed by atoms with van der Waals surface area (Å²) in [6.07, 6.45) is 0. The van der Waals surface area contributed by atoms with Crippen LogP contribution in [0.4, 0.5) is 10.5 Å². The summed E-state index contributed by atoms with van der Waals surface area (Å²) in [4.78, 5) is 35.5. The van der Waals surface area contributed by atoms with E-state index >= 15 is 0 Å². The van der Waals surface area contributed by atoms with Gasteiger partial charge in [0.05, 0.1) is 28.8 Å². The van der Waals surface area contributed by atoms with Gasteiger partial charge in [0.1, 0.15) is 0 Å². The number of non-ortho nitro benzene ring substituents is 1. The first kappa shape index (κ1) is 18.1. The van der Waals surface area contributed by atoms with Crippen LogP contribution < -0.4 is 10.6 Å². The molecule has 0 fully saturated rings. The summed E-state index contributed by atoms with van der Waals surface area (Å²) in [5, 5.41) is 16.4. The number of nitro groups is 1. The molecule has 3 rings (SSSR count). The SMILES string of the molecule is CCOC(=O)C1=C(c2ccccc2)NC(=O)N[C@@H]1c1cccc([N+](=O)[O-])c1. The fourth-order valence-electron chi connectivity index (χ4n) is 2.89. The normalized spacial score (nSPS) is 16.3. The van der Waals surface area contributed by atoms with Crippen molar-refractivity contribution in [2.24, 2.45) is 0 Å². The van der Waals surface area contributed by atoms with E-state index in [1.54, 1.807) is 37.3 Å². The van der Waals surface area contributed by atoms with Crippen molar-refractivity contribution in [2.75, 3.05) is 6.61 Å². The summed E-state index contributed by atoms with van der Waals surface area (Å²) in [5.74, 6) is -0.611.